The third kappa shape index (κ3) is 2.15. The third-order valence-electron chi connectivity index (χ3n) is 2.19. The van der Waals surface area contributed by atoms with E-state index in [1.165, 1.54) is 14.2 Å². The highest BCUT2D eigenvalue weighted by molar-refractivity contribution is 5.94. The molecule has 0 unspecified atom stereocenters. The predicted molar refractivity (Wildman–Crippen MR) is 54.5 cm³/mol. The molecule has 1 aromatic rings. The summed E-state index contributed by atoms with van der Waals surface area (Å²) < 4.78 is 9.59. The van der Waals surface area contributed by atoms with Crippen LogP contribution >= 0.6 is 0 Å². The van der Waals surface area contributed by atoms with E-state index in [2.05, 4.69) is 4.74 Å². The summed E-state index contributed by atoms with van der Waals surface area (Å²) in [6, 6.07) is 3.13. The Hall–Kier alpha value is -1.84. The van der Waals surface area contributed by atoms with Crippen molar-refractivity contribution in [2.75, 3.05) is 14.2 Å². The maximum absolute atomic E-state index is 11.4. The largest absolute Gasteiger partial charge is 0.497 e. The smallest absolute Gasteiger partial charge is 0.338 e. The van der Waals surface area contributed by atoms with E-state index in [-0.39, 0.29) is 0 Å². The minimum atomic E-state index is -0.477. The zero-order valence-corrected chi connectivity index (χ0v) is 8.87. The van der Waals surface area contributed by atoms with Crippen LogP contribution in [0.2, 0.25) is 0 Å². The van der Waals surface area contributed by atoms with Gasteiger partial charge in [0.15, 0.2) is 0 Å². The van der Waals surface area contributed by atoms with Gasteiger partial charge in [-0.2, -0.15) is 0 Å². The molecule has 0 saturated heterocycles. The van der Waals surface area contributed by atoms with Crippen LogP contribution in [0.15, 0.2) is 12.1 Å². The minimum Gasteiger partial charge on any atom is -0.497 e. The second kappa shape index (κ2) is 4.59. The van der Waals surface area contributed by atoms with E-state index in [9.17, 15) is 9.59 Å². The lowest BCUT2D eigenvalue weighted by Gasteiger charge is -2.08. The van der Waals surface area contributed by atoms with Crippen molar-refractivity contribution < 1.29 is 19.1 Å². The highest BCUT2D eigenvalue weighted by Gasteiger charge is 2.14. The van der Waals surface area contributed by atoms with Crippen LogP contribution in [0.5, 0.6) is 5.75 Å². The normalized spacial score (nSPS) is 9.53. The first kappa shape index (κ1) is 11.2. The molecule has 0 atom stereocenters. The summed E-state index contributed by atoms with van der Waals surface area (Å²) in [6.07, 6.45) is 0.685. The molecule has 15 heavy (non-hydrogen) atoms. The second-order valence-electron chi connectivity index (χ2n) is 3.00. The summed E-state index contributed by atoms with van der Waals surface area (Å²) in [4.78, 5) is 22.1. The first-order chi connectivity index (χ1) is 7.13. The van der Waals surface area contributed by atoms with E-state index in [4.69, 9.17) is 4.74 Å². The molecule has 0 radical (unpaired) electrons. The summed E-state index contributed by atoms with van der Waals surface area (Å²) in [5.74, 6) is -0.0161. The molecule has 0 aliphatic carbocycles. The molecule has 0 aromatic heterocycles. The zero-order chi connectivity index (χ0) is 11.4. The molecule has 80 valence electrons. The fourth-order valence-electron chi connectivity index (χ4n) is 1.27. The van der Waals surface area contributed by atoms with Gasteiger partial charge in [-0.05, 0) is 24.6 Å². The maximum Gasteiger partial charge on any atom is 0.338 e. The molecule has 4 nitrogen and oxygen atoms in total. The van der Waals surface area contributed by atoms with Crippen LogP contribution < -0.4 is 4.74 Å². The third-order valence-corrected chi connectivity index (χ3v) is 2.19. The molecule has 0 fully saturated rings. The molecule has 4 heteroatoms. The lowest BCUT2D eigenvalue weighted by Crippen LogP contribution is -2.06. The summed E-state index contributed by atoms with van der Waals surface area (Å²) >= 11 is 0. The number of carbonyl (C=O) groups is 2. The van der Waals surface area contributed by atoms with Gasteiger partial charge in [0.05, 0.1) is 19.8 Å². The van der Waals surface area contributed by atoms with Crippen molar-refractivity contribution in [1.82, 2.24) is 0 Å². The Kier molecular flexibility index (Phi) is 3.44. The van der Waals surface area contributed by atoms with Crippen molar-refractivity contribution in [3.8, 4) is 5.75 Å². The van der Waals surface area contributed by atoms with Crippen molar-refractivity contribution in [2.24, 2.45) is 0 Å². The lowest BCUT2D eigenvalue weighted by atomic mass is 10.0. The Morgan fingerprint density at radius 3 is 2.47 bits per heavy atom. The molecule has 0 N–H and O–H groups in total. The fraction of sp³-hybridized carbons (Fsp3) is 0.273. The van der Waals surface area contributed by atoms with E-state index < -0.39 is 5.97 Å². The van der Waals surface area contributed by atoms with Gasteiger partial charge >= 0.3 is 5.97 Å². The van der Waals surface area contributed by atoms with E-state index in [1.807, 2.05) is 0 Å². The van der Waals surface area contributed by atoms with Crippen molar-refractivity contribution in [3.05, 3.63) is 28.8 Å². The van der Waals surface area contributed by atoms with Crippen LogP contribution in [-0.4, -0.2) is 26.5 Å². The van der Waals surface area contributed by atoms with Crippen LogP contribution in [0.4, 0.5) is 0 Å². The first-order valence-corrected chi connectivity index (χ1v) is 4.36. The van der Waals surface area contributed by atoms with Crippen LogP contribution in [0.3, 0.4) is 0 Å². The lowest BCUT2D eigenvalue weighted by molar-refractivity contribution is 0.0599. The molecular weight excluding hydrogens is 196 g/mol. The fourth-order valence-corrected chi connectivity index (χ4v) is 1.27. The average Bonchev–Trinajstić information content (AvgIpc) is 2.28. The van der Waals surface area contributed by atoms with Crippen molar-refractivity contribution in [1.29, 1.82) is 0 Å². The monoisotopic (exact) mass is 208 g/mol. The number of rotatable bonds is 3. The Bertz CT molecular complexity index is 396. The number of ether oxygens (including phenoxy) is 2. The van der Waals surface area contributed by atoms with Crippen LogP contribution in [0.1, 0.15) is 26.3 Å². The molecule has 0 amide bonds. The van der Waals surface area contributed by atoms with Gasteiger partial charge in [0.1, 0.15) is 12.0 Å². The van der Waals surface area contributed by atoms with Gasteiger partial charge in [0, 0.05) is 5.56 Å². The Morgan fingerprint density at radius 2 is 2.00 bits per heavy atom. The molecule has 0 aliphatic rings. The zero-order valence-electron chi connectivity index (χ0n) is 8.87. The number of carbonyl (C=O) groups excluding carboxylic acids is 2. The van der Waals surface area contributed by atoms with Gasteiger partial charge < -0.3 is 9.47 Å². The van der Waals surface area contributed by atoms with Gasteiger partial charge in [-0.1, -0.05) is 0 Å². The summed E-state index contributed by atoms with van der Waals surface area (Å²) in [5, 5.41) is 0. The minimum absolute atomic E-state index is 0.346. The topological polar surface area (TPSA) is 52.6 Å². The number of aldehydes is 1. The average molecular weight is 208 g/mol. The number of hydrogen-bond acceptors (Lipinski definition) is 4. The molecule has 0 bridgehead atoms. The van der Waals surface area contributed by atoms with Crippen molar-refractivity contribution >= 4 is 12.3 Å². The van der Waals surface area contributed by atoms with Crippen LogP contribution in [0.25, 0.3) is 0 Å². The molecule has 0 saturated carbocycles. The number of esters is 1. The summed E-state index contributed by atoms with van der Waals surface area (Å²) in [5.41, 5.74) is 1.37. The highest BCUT2D eigenvalue weighted by atomic mass is 16.5. The van der Waals surface area contributed by atoms with E-state index in [0.717, 1.165) is 0 Å². The highest BCUT2D eigenvalue weighted by Crippen LogP contribution is 2.21. The van der Waals surface area contributed by atoms with Crippen LogP contribution in [-0.2, 0) is 4.74 Å². The Balaban J connectivity index is 3.36. The van der Waals surface area contributed by atoms with Gasteiger partial charge in [0.25, 0.3) is 0 Å². The summed E-state index contributed by atoms with van der Waals surface area (Å²) in [6.45, 7) is 1.69. The molecule has 0 spiro atoms. The van der Waals surface area contributed by atoms with Gasteiger partial charge in [-0.25, -0.2) is 4.79 Å². The van der Waals surface area contributed by atoms with Gasteiger partial charge in [-0.3, -0.25) is 4.79 Å². The number of benzene rings is 1. The van der Waals surface area contributed by atoms with Crippen LogP contribution in [0, 0.1) is 6.92 Å². The first-order valence-electron chi connectivity index (χ1n) is 4.36. The van der Waals surface area contributed by atoms with E-state index in [0.29, 0.717) is 28.7 Å². The maximum atomic E-state index is 11.4. The van der Waals surface area contributed by atoms with Gasteiger partial charge in [0.2, 0.25) is 0 Å². The van der Waals surface area contributed by atoms with E-state index >= 15 is 0 Å². The SMILES string of the molecule is COC(=O)c1cc(OC)cc(C=O)c1C. The number of methoxy groups -OCH3 is 2. The molecule has 1 rings (SSSR count). The Morgan fingerprint density at radius 1 is 1.33 bits per heavy atom. The summed E-state index contributed by atoms with van der Waals surface area (Å²) in [7, 11) is 2.77. The number of hydrogen-bond donors (Lipinski definition) is 0. The predicted octanol–water partition coefficient (Wildman–Crippen LogP) is 1.60. The second-order valence-corrected chi connectivity index (χ2v) is 3.00. The Labute approximate surface area is 87.8 Å². The molecular formula is C11H12O4. The van der Waals surface area contributed by atoms with E-state index in [1.54, 1.807) is 19.1 Å². The molecule has 0 heterocycles. The quantitative estimate of drug-likeness (QED) is 0.559. The molecule has 1 aromatic carbocycles. The van der Waals surface area contributed by atoms with Crippen molar-refractivity contribution in [3.63, 3.8) is 0 Å². The molecule has 0 aliphatic heterocycles. The van der Waals surface area contributed by atoms with Crippen molar-refractivity contribution in [2.45, 2.75) is 6.92 Å². The standard InChI is InChI=1S/C11H12O4/c1-7-8(6-12)4-9(14-2)5-10(7)11(13)15-3/h4-6H,1-3H3. The van der Waals surface area contributed by atoms with Gasteiger partial charge in [-0.15, -0.1) is 0 Å².